The first-order valence-electron chi connectivity index (χ1n) is 5.45. The van der Waals surface area contributed by atoms with Crippen molar-refractivity contribution in [2.75, 3.05) is 24.1 Å². The molecule has 1 aromatic rings. The van der Waals surface area contributed by atoms with Gasteiger partial charge in [0, 0.05) is 25.7 Å². The number of pyridine rings is 1. The third kappa shape index (κ3) is 4.16. The molecule has 0 saturated heterocycles. The van der Waals surface area contributed by atoms with Gasteiger partial charge in [-0.05, 0) is 18.6 Å². The van der Waals surface area contributed by atoms with Crippen LogP contribution >= 0.6 is 0 Å². The summed E-state index contributed by atoms with van der Waals surface area (Å²) in [4.78, 5) is 15.2. The van der Waals surface area contributed by atoms with Gasteiger partial charge in [-0.1, -0.05) is 6.92 Å². The van der Waals surface area contributed by atoms with E-state index >= 15 is 0 Å². The van der Waals surface area contributed by atoms with Crippen LogP contribution < -0.4 is 16.4 Å². The Bertz CT molecular complexity index is 341. The minimum atomic E-state index is 0.0526. The summed E-state index contributed by atoms with van der Waals surface area (Å²) >= 11 is 0. The molecule has 1 amide bonds. The number of nitrogens with one attached hydrogen (secondary N) is 2. The Morgan fingerprint density at radius 1 is 1.50 bits per heavy atom. The molecule has 5 heteroatoms. The Morgan fingerprint density at radius 2 is 2.31 bits per heavy atom. The van der Waals surface area contributed by atoms with E-state index < -0.39 is 0 Å². The molecule has 4 N–H and O–H groups in total. The number of amides is 1. The standard InChI is InChI=1S/C11H18N4O/c1-2-6-14-10(16)5-8-13-9-4-3-7-15-11(9)12/h3-4,7,13H,2,5-6,8H2,1H3,(H2,12,15)(H,14,16). The molecule has 0 unspecified atom stereocenters. The van der Waals surface area contributed by atoms with Crippen molar-refractivity contribution in [3.05, 3.63) is 18.3 Å². The first-order valence-corrected chi connectivity index (χ1v) is 5.45. The summed E-state index contributed by atoms with van der Waals surface area (Å²) in [5, 5.41) is 5.88. The summed E-state index contributed by atoms with van der Waals surface area (Å²) in [6.07, 6.45) is 3.03. The summed E-state index contributed by atoms with van der Waals surface area (Å²) in [7, 11) is 0. The molecule has 5 nitrogen and oxygen atoms in total. The number of nitrogen functional groups attached to an aromatic ring is 1. The first kappa shape index (κ1) is 12.3. The van der Waals surface area contributed by atoms with Crippen LogP contribution in [0.5, 0.6) is 0 Å². The molecule has 0 bridgehead atoms. The first-order chi connectivity index (χ1) is 7.74. The maximum absolute atomic E-state index is 11.3. The zero-order valence-corrected chi connectivity index (χ0v) is 9.49. The van der Waals surface area contributed by atoms with Gasteiger partial charge in [-0.2, -0.15) is 0 Å². The summed E-state index contributed by atoms with van der Waals surface area (Å²) < 4.78 is 0. The Labute approximate surface area is 95.4 Å². The lowest BCUT2D eigenvalue weighted by molar-refractivity contribution is -0.120. The van der Waals surface area contributed by atoms with E-state index in [1.54, 1.807) is 12.3 Å². The lowest BCUT2D eigenvalue weighted by atomic mass is 10.3. The minimum absolute atomic E-state index is 0.0526. The second kappa shape index (κ2) is 6.66. The van der Waals surface area contributed by atoms with Gasteiger partial charge >= 0.3 is 0 Å². The van der Waals surface area contributed by atoms with Gasteiger partial charge < -0.3 is 16.4 Å². The van der Waals surface area contributed by atoms with Crippen molar-refractivity contribution in [3.8, 4) is 0 Å². The maximum atomic E-state index is 11.3. The number of carbonyl (C=O) groups is 1. The average Bonchev–Trinajstić information content (AvgIpc) is 2.29. The number of carbonyl (C=O) groups excluding carboxylic acids is 1. The molecule has 88 valence electrons. The van der Waals surface area contributed by atoms with Crippen LogP contribution in [0.3, 0.4) is 0 Å². The molecule has 0 fully saturated rings. The molecule has 1 aromatic heterocycles. The van der Waals surface area contributed by atoms with Crippen molar-refractivity contribution in [2.24, 2.45) is 0 Å². The van der Waals surface area contributed by atoms with Crippen molar-refractivity contribution in [1.29, 1.82) is 0 Å². The highest BCUT2D eigenvalue weighted by atomic mass is 16.1. The summed E-state index contributed by atoms with van der Waals surface area (Å²) in [5.41, 5.74) is 6.41. The van der Waals surface area contributed by atoms with Crippen LogP contribution in [0.25, 0.3) is 0 Å². The number of nitrogens with two attached hydrogens (primary N) is 1. The Kier molecular flexibility index (Phi) is 5.11. The molecule has 0 spiro atoms. The van der Waals surface area contributed by atoms with E-state index in [4.69, 9.17) is 5.73 Å². The summed E-state index contributed by atoms with van der Waals surface area (Å²) in [6, 6.07) is 3.64. The minimum Gasteiger partial charge on any atom is -0.382 e. The predicted octanol–water partition coefficient (Wildman–Crippen LogP) is 0.992. The van der Waals surface area contributed by atoms with E-state index in [-0.39, 0.29) is 5.91 Å². The second-order valence-corrected chi connectivity index (χ2v) is 3.46. The van der Waals surface area contributed by atoms with Gasteiger partial charge in [0.25, 0.3) is 0 Å². The smallest absolute Gasteiger partial charge is 0.221 e. The Morgan fingerprint density at radius 3 is 3.00 bits per heavy atom. The fourth-order valence-electron chi connectivity index (χ4n) is 1.23. The van der Waals surface area contributed by atoms with Crippen molar-refractivity contribution >= 4 is 17.4 Å². The van der Waals surface area contributed by atoms with Crippen molar-refractivity contribution in [3.63, 3.8) is 0 Å². The molecule has 0 radical (unpaired) electrons. The SMILES string of the molecule is CCCNC(=O)CCNc1cccnc1N. The molecule has 0 aliphatic heterocycles. The number of nitrogens with zero attached hydrogens (tertiary/aromatic N) is 1. The molecule has 0 atom stereocenters. The number of hydrogen-bond acceptors (Lipinski definition) is 4. The fourth-order valence-corrected chi connectivity index (χ4v) is 1.23. The van der Waals surface area contributed by atoms with E-state index in [0.29, 0.717) is 18.8 Å². The van der Waals surface area contributed by atoms with E-state index in [9.17, 15) is 4.79 Å². The maximum Gasteiger partial charge on any atom is 0.221 e. The van der Waals surface area contributed by atoms with Crippen molar-refractivity contribution in [2.45, 2.75) is 19.8 Å². The molecule has 0 saturated carbocycles. The topological polar surface area (TPSA) is 80.0 Å². The summed E-state index contributed by atoms with van der Waals surface area (Å²) in [5.74, 6) is 0.508. The Balaban J connectivity index is 2.25. The molecule has 0 aliphatic carbocycles. The highest BCUT2D eigenvalue weighted by Gasteiger charge is 2.01. The van der Waals surface area contributed by atoms with E-state index in [1.807, 2.05) is 13.0 Å². The number of hydrogen-bond donors (Lipinski definition) is 3. The van der Waals surface area contributed by atoms with Gasteiger partial charge in [0.2, 0.25) is 5.91 Å². The van der Waals surface area contributed by atoms with E-state index in [0.717, 1.165) is 18.7 Å². The lowest BCUT2D eigenvalue weighted by Crippen LogP contribution is -2.25. The highest BCUT2D eigenvalue weighted by Crippen LogP contribution is 2.12. The van der Waals surface area contributed by atoms with Crippen molar-refractivity contribution < 1.29 is 4.79 Å². The van der Waals surface area contributed by atoms with Crippen LogP contribution in [0.2, 0.25) is 0 Å². The van der Waals surface area contributed by atoms with E-state index in [1.165, 1.54) is 0 Å². The van der Waals surface area contributed by atoms with Crippen LogP contribution in [0.15, 0.2) is 18.3 Å². The second-order valence-electron chi connectivity index (χ2n) is 3.46. The zero-order chi connectivity index (χ0) is 11.8. The molecule has 1 heterocycles. The van der Waals surface area contributed by atoms with Crippen LogP contribution in [0.4, 0.5) is 11.5 Å². The quantitative estimate of drug-likeness (QED) is 0.670. The highest BCUT2D eigenvalue weighted by molar-refractivity contribution is 5.76. The average molecular weight is 222 g/mol. The number of anilines is 2. The van der Waals surface area contributed by atoms with Crippen LogP contribution in [-0.4, -0.2) is 24.0 Å². The van der Waals surface area contributed by atoms with Gasteiger partial charge in [0.15, 0.2) is 0 Å². The molecule has 1 rings (SSSR count). The number of aromatic nitrogens is 1. The number of rotatable bonds is 6. The Hall–Kier alpha value is -1.78. The largest absolute Gasteiger partial charge is 0.382 e. The van der Waals surface area contributed by atoms with Gasteiger partial charge in [-0.15, -0.1) is 0 Å². The fraction of sp³-hybridized carbons (Fsp3) is 0.455. The molecule has 16 heavy (non-hydrogen) atoms. The lowest BCUT2D eigenvalue weighted by Gasteiger charge is -2.08. The molecular weight excluding hydrogens is 204 g/mol. The van der Waals surface area contributed by atoms with Crippen LogP contribution in [-0.2, 0) is 4.79 Å². The van der Waals surface area contributed by atoms with Crippen molar-refractivity contribution in [1.82, 2.24) is 10.3 Å². The monoisotopic (exact) mass is 222 g/mol. The van der Waals surface area contributed by atoms with Gasteiger partial charge in [0.05, 0.1) is 5.69 Å². The van der Waals surface area contributed by atoms with Gasteiger partial charge in [-0.25, -0.2) is 4.98 Å². The molecule has 0 aromatic carbocycles. The predicted molar refractivity (Wildman–Crippen MR) is 65.1 cm³/mol. The normalized spacial score (nSPS) is 9.81. The molecule has 0 aliphatic rings. The zero-order valence-electron chi connectivity index (χ0n) is 9.49. The van der Waals surface area contributed by atoms with Gasteiger partial charge in [-0.3, -0.25) is 4.79 Å². The van der Waals surface area contributed by atoms with Crippen LogP contribution in [0, 0.1) is 0 Å². The van der Waals surface area contributed by atoms with E-state index in [2.05, 4.69) is 15.6 Å². The third-order valence-corrected chi connectivity index (χ3v) is 2.08. The van der Waals surface area contributed by atoms with Gasteiger partial charge in [0.1, 0.15) is 5.82 Å². The molecular formula is C11H18N4O. The van der Waals surface area contributed by atoms with Crippen LogP contribution in [0.1, 0.15) is 19.8 Å². The third-order valence-electron chi connectivity index (χ3n) is 2.08. The summed E-state index contributed by atoms with van der Waals surface area (Å²) in [6.45, 7) is 3.31.